The van der Waals surface area contributed by atoms with E-state index in [1.807, 2.05) is 18.2 Å². The van der Waals surface area contributed by atoms with Crippen LogP contribution in [0.1, 0.15) is 23.1 Å². The minimum atomic E-state index is -0.471. The van der Waals surface area contributed by atoms with E-state index in [9.17, 15) is 4.79 Å². The summed E-state index contributed by atoms with van der Waals surface area (Å²) in [7, 11) is 1.78. The fraction of sp³-hybridized carbons (Fsp3) is 0.357. The number of aromatic nitrogens is 3. The lowest BCUT2D eigenvalue weighted by atomic mass is 9.94. The van der Waals surface area contributed by atoms with Crippen LogP contribution in [-0.2, 0) is 29.4 Å². The molecule has 1 aromatic carbocycles. The summed E-state index contributed by atoms with van der Waals surface area (Å²) in [6.07, 6.45) is 2.10. The molecule has 1 aliphatic heterocycles. The van der Waals surface area contributed by atoms with Gasteiger partial charge in [0.1, 0.15) is 18.3 Å². The maximum atomic E-state index is 12.4. The minimum Gasteiger partial charge on any atom is -0.365 e. The zero-order valence-electron chi connectivity index (χ0n) is 10.7. The molecular weight excluding hydrogens is 242 g/mol. The van der Waals surface area contributed by atoms with Crippen molar-refractivity contribution in [3.63, 3.8) is 0 Å². The molecule has 19 heavy (non-hydrogen) atoms. The standard InChI is InChI=1S/C14H15N3O2/c1-17-13(15-9-16-17)8-12(18)14-11-5-3-2-4-10(11)6-7-19-14/h2-5,9,14H,6-8H2,1H3. The third-order valence-corrected chi connectivity index (χ3v) is 3.42. The van der Waals surface area contributed by atoms with Gasteiger partial charge in [-0.1, -0.05) is 24.3 Å². The summed E-state index contributed by atoms with van der Waals surface area (Å²) in [6.45, 7) is 0.590. The molecule has 0 saturated heterocycles. The summed E-state index contributed by atoms with van der Waals surface area (Å²) in [6, 6.07) is 7.96. The molecule has 1 aliphatic rings. The molecule has 3 rings (SSSR count). The highest BCUT2D eigenvalue weighted by molar-refractivity contribution is 5.86. The monoisotopic (exact) mass is 257 g/mol. The topological polar surface area (TPSA) is 57.0 Å². The van der Waals surface area contributed by atoms with Gasteiger partial charge in [-0.25, -0.2) is 4.98 Å². The number of benzene rings is 1. The van der Waals surface area contributed by atoms with Gasteiger partial charge in [0.05, 0.1) is 13.0 Å². The minimum absolute atomic E-state index is 0.0308. The van der Waals surface area contributed by atoms with Gasteiger partial charge in [0.2, 0.25) is 0 Å². The second-order valence-corrected chi connectivity index (χ2v) is 4.64. The lowest BCUT2D eigenvalue weighted by Gasteiger charge is -2.24. The highest BCUT2D eigenvalue weighted by Gasteiger charge is 2.27. The second kappa shape index (κ2) is 4.93. The Morgan fingerprint density at radius 3 is 3.11 bits per heavy atom. The van der Waals surface area contributed by atoms with Crippen LogP contribution in [0.3, 0.4) is 0 Å². The summed E-state index contributed by atoms with van der Waals surface area (Å²) in [5.41, 5.74) is 2.19. The summed E-state index contributed by atoms with van der Waals surface area (Å²) in [4.78, 5) is 16.5. The molecule has 98 valence electrons. The lowest BCUT2D eigenvalue weighted by Crippen LogP contribution is -2.25. The van der Waals surface area contributed by atoms with Crippen molar-refractivity contribution in [2.45, 2.75) is 18.9 Å². The number of ether oxygens (including phenoxy) is 1. The Morgan fingerprint density at radius 1 is 1.47 bits per heavy atom. The Balaban J connectivity index is 1.84. The molecular formula is C14H15N3O2. The van der Waals surface area contributed by atoms with Gasteiger partial charge in [0.15, 0.2) is 5.78 Å². The van der Waals surface area contributed by atoms with Gasteiger partial charge in [-0.05, 0) is 17.5 Å². The Labute approximate surface area is 111 Å². The summed E-state index contributed by atoms with van der Waals surface area (Å²) >= 11 is 0. The molecule has 2 heterocycles. The van der Waals surface area contributed by atoms with Crippen molar-refractivity contribution in [2.75, 3.05) is 6.61 Å². The van der Waals surface area contributed by atoms with E-state index in [0.717, 1.165) is 12.0 Å². The number of carbonyl (C=O) groups excluding carboxylic acids is 1. The third-order valence-electron chi connectivity index (χ3n) is 3.42. The lowest BCUT2D eigenvalue weighted by molar-refractivity contribution is -0.131. The predicted octanol–water partition coefficient (Wildman–Crippen LogP) is 1.24. The molecule has 0 fully saturated rings. The summed E-state index contributed by atoms with van der Waals surface area (Å²) in [5, 5.41) is 3.97. The first-order valence-electron chi connectivity index (χ1n) is 6.30. The Kier molecular flexibility index (Phi) is 3.13. The second-order valence-electron chi connectivity index (χ2n) is 4.64. The van der Waals surface area contributed by atoms with Crippen LogP contribution in [0.4, 0.5) is 0 Å². The number of aryl methyl sites for hydroxylation is 1. The van der Waals surface area contributed by atoms with E-state index in [1.54, 1.807) is 11.7 Å². The van der Waals surface area contributed by atoms with Gasteiger partial charge in [-0.3, -0.25) is 9.48 Å². The first-order valence-corrected chi connectivity index (χ1v) is 6.30. The van der Waals surface area contributed by atoms with E-state index < -0.39 is 6.10 Å². The molecule has 0 N–H and O–H groups in total. The van der Waals surface area contributed by atoms with E-state index in [4.69, 9.17) is 4.74 Å². The van der Waals surface area contributed by atoms with Crippen LogP contribution in [0.2, 0.25) is 0 Å². The van der Waals surface area contributed by atoms with E-state index in [0.29, 0.717) is 12.4 Å². The highest BCUT2D eigenvalue weighted by atomic mass is 16.5. The molecule has 1 atom stereocenters. The maximum absolute atomic E-state index is 12.4. The molecule has 2 aromatic rings. The molecule has 5 nitrogen and oxygen atoms in total. The smallest absolute Gasteiger partial charge is 0.173 e. The van der Waals surface area contributed by atoms with Crippen LogP contribution in [0.25, 0.3) is 0 Å². The van der Waals surface area contributed by atoms with Gasteiger partial charge in [-0.15, -0.1) is 0 Å². The zero-order valence-corrected chi connectivity index (χ0v) is 10.7. The van der Waals surface area contributed by atoms with Crippen molar-refractivity contribution in [1.82, 2.24) is 14.8 Å². The van der Waals surface area contributed by atoms with Crippen LogP contribution in [-0.4, -0.2) is 27.2 Å². The average Bonchev–Trinajstić information content (AvgIpc) is 2.83. The van der Waals surface area contributed by atoms with Crippen LogP contribution in [0, 0.1) is 0 Å². The van der Waals surface area contributed by atoms with Gasteiger partial charge in [0.25, 0.3) is 0 Å². The molecule has 1 unspecified atom stereocenters. The van der Waals surface area contributed by atoms with Crippen LogP contribution in [0.5, 0.6) is 0 Å². The van der Waals surface area contributed by atoms with Crippen LogP contribution in [0.15, 0.2) is 30.6 Å². The van der Waals surface area contributed by atoms with Gasteiger partial charge in [0, 0.05) is 7.05 Å². The Hall–Kier alpha value is -2.01. The van der Waals surface area contributed by atoms with E-state index in [2.05, 4.69) is 16.1 Å². The van der Waals surface area contributed by atoms with Crippen molar-refractivity contribution < 1.29 is 9.53 Å². The number of carbonyl (C=O) groups is 1. The van der Waals surface area contributed by atoms with Crippen molar-refractivity contribution in [1.29, 1.82) is 0 Å². The van der Waals surface area contributed by atoms with Crippen LogP contribution >= 0.6 is 0 Å². The van der Waals surface area contributed by atoms with Gasteiger partial charge in [-0.2, -0.15) is 5.10 Å². The zero-order chi connectivity index (χ0) is 13.2. The van der Waals surface area contributed by atoms with E-state index in [1.165, 1.54) is 11.9 Å². The quantitative estimate of drug-likeness (QED) is 0.830. The number of Topliss-reactive ketones (excluding diaryl/α,β-unsaturated/α-hetero) is 1. The van der Waals surface area contributed by atoms with Gasteiger partial charge >= 0.3 is 0 Å². The molecule has 0 aliphatic carbocycles. The highest BCUT2D eigenvalue weighted by Crippen LogP contribution is 2.28. The van der Waals surface area contributed by atoms with Gasteiger partial charge < -0.3 is 4.74 Å². The molecule has 0 radical (unpaired) electrons. The molecule has 0 spiro atoms. The van der Waals surface area contributed by atoms with Crippen molar-refractivity contribution >= 4 is 5.78 Å². The maximum Gasteiger partial charge on any atom is 0.173 e. The summed E-state index contributed by atoms with van der Waals surface area (Å²) in [5.74, 6) is 0.694. The molecule has 0 amide bonds. The number of rotatable bonds is 3. The normalized spacial score (nSPS) is 18.1. The number of fused-ring (bicyclic) bond motifs is 1. The first-order chi connectivity index (χ1) is 9.25. The molecule has 5 heteroatoms. The SMILES string of the molecule is Cn1ncnc1CC(=O)C1OCCc2ccccc21. The van der Waals surface area contributed by atoms with E-state index in [-0.39, 0.29) is 12.2 Å². The number of hydrogen-bond donors (Lipinski definition) is 0. The van der Waals surface area contributed by atoms with Crippen molar-refractivity contribution in [3.8, 4) is 0 Å². The van der Waals surface area contributed by atoms with Crippen LogP contribution < -0.4 is 0 Å². The van der Waals surface area contributed by atoms with E-state index >= 15 is 0 Å². The van der Waals surface area contributed by atoms with Crippen molar-refractivity contribution in [2.24, 2.45) is 7.05 Å². The molecule has 1 aromatic heterocycles. The largest absolute Gasteiger partial charge is 0.365 e. The summed E-state index contributed by atoms with van der Waals surface area (Å²) < 4.78 is 7.27. The third kappa shape index (κ3) is 2.29. The molecule has 0 bridgehead atoms. The first kappa shape index (κ1) is 12.0. The number of nitrogens with zero attached hydrogens (tertiary/aromatic N) is 3. The average molecular weight is 257 g/mol. The number of hydrogen-bond acceptors (Lipinski definition) is 4. The number of ketones is 1. The molecule has 0 saturated carbocycles. The fourth-order valence-electron chi connectivity index (χ4n) is 2.39. The Bertz CT molecular complexity index is 606. The van der Waals surface area contributed by atoms with Crippen molar-refractivity contribution in [3.05, 3.63) is 47.5 Å². The fourth-order valence-corrected chi connectivity index (χ4v) is 2.39. The Morgan fingerprint density at radius 2 is 2.32 bits per heavy atom. The predicted molar refractivity (Wildman–Crippen MR) is 68.6 cm³/mol.